The second-order valence-corrected chi connectivity index (χ2v) is 10.2. The van der Waals surface area contributed by atoms with E-state index in [1.807, 2.05) is 52.0 Å². The van der Waals surface area contributed by atoms with Gasteiger partial charge < -0.3 is 4.74 Å². The minimum absolute atomic E-state index is 0.0526. The molecular weight excluding hydrogens is 402 g/mol. The fraction of sp³-hybridized carbons (Fsp3) is 0.435. The summed E-state index contributed by atoms with van der Waals surface area (Å²) in [6.07, 6.45) is 0.708. The molecule has 7 heteroatoms. The molecule has 0 unspecified atom stereocenters. The van der Waals surface area contributed by atoms with Crippen LogP contribution in [0.5, 0.6) is 0 Å². The van der Waals surface area contributed by atoms with E-state index < -0.39 is 15.7 Å². The van der Waals surface area contributed by atoms with Crippen molar-refractivity contribution in [1.29, 1.82) is 0 Å². The lowest BCUT2D eigenvalue weighted by atomic mass is 10.0. The summed E-state index contributed by atoms with van der Waals surface area (Å²) in [4.78, 5) is 14.6. The molecule has 162 valence electrons. The van der Waals surface area contributed by atoms with Crippen LogP contribution in [0.3, 0.4) is 0 Å². The van der Waals surface area contributed by atoms with Gasteiger partial charge in [0.15, 0.2) is 0 Å². The lowest BCUT2D eigenvalue weighted by molar-refractivity contribution is 0.0159. The van der Waals surface area contributed by atoms with Crippen molar-refractivity contribution in [1.82, 2.24) is 4.90 Å². The van der Waals surface area contributed by atoms with Crippen LogP contribution in [0.1, 0.15) is 56.3 Å². The van der Waals surface area contributed by atoms with Crippen LogP contribution in [-0.4, -0.2) is 31.6 Å². The number of amides is 1. The number of hydrogen-bond donors (Lipinski definition) is 0. The van der Waals surface area contributed by atoms with E-state index in [4.69, 9.17) is 8.92 Å². The number of aryl methyl sites for hydroxylation is 1. The third-order valence-corrected chi connectivity index (χ3v) is 6.26. The molecule has 0 radical (unpaired) electrons. The van der Waals surface area contributed by atoms with Crippen LogP contribution in [0, 0.1) is 6.92 Å². The Morgan fingerprint density at radius 1 is 1.10 bits per heavy atom. The Morgan fingerprint density at radius 2 is 1.77 bits per heavy atom. The number of ether oxygens (including phenoxy) is 1. The van der Waals surface area contributed by atoms with Crippen molar-refractivity contribution >= 4 is 16.2 Å². The first kappa shape index (κ1) is 22.3. The largest absolute Gasteiger partial charge is 0.444 e. The van der Waals surface area contributed by atoms with Crippen molar-refractivity contribution in [3.63, 3.8) is 0 Å². The van der Waals surface area contributed by atoms with E-state index in [2.05, 4.69) is 0 Å². The molecule has 0 spiro atoms. The van der Waals surface area contributed by atoms with Gasteiger partial charge in [-0.05, 0) is 63.8 Å². The zero-order valence-electron chi connectivity index (χ0n) is 17.9. The molecule has 30 heavy (non-hydrogen) atoms. The molecule has 0 aromatic heterocycles. The molecule has 1 aliphatic rings. The highest BCUT2D eigenvalue weighted by molar-refractivity contribution is 7.86. The second-order valence-electron chi connectivity index (χ2n) is 8.55. The summed E-state index contributed by atoms with van der Waals surface area (Å²) in [5.41, 5.74) is 2.56. The van der Waals surface area contributed by atoms with Crippen LogP contribution in [0.2, 0.25) is 0 Å². The van der Waals surface area contributed by atoms with Crippen molar-refractivity contribution < 1.29 is 22.1 Å². The molecule has 1 aliphatic heterocycles. The van der Waals surface area contributed by atoms with Crippen LogP contribution in [0.25, 0.3) is 0 Å². The molecule has 6 nitrogen and oxygen atoms in total. The van der Waals surface area contributed by atoms with Gasteiger partial charge in [0.05, 0.1) is 17.5 Å². The Bertz CT molecular complexity index is 993. The van der Waals surface area contributed by atoms with Crippen molar-refractivity contribution in [2.24, 2.45) is 0 Å². The highest BCUT2D eigenvalue weighted by Crippen LogP contribution is 2.37. The fourth-order valence-corrected chi connectivity index (χ4v) is 4.45. The number of fused-ring (bicyclic) bond motifs is 1. The summed E-state index contributed by atoms with van der Waals surface area (Å²) in [6, 6.07) is 14.3. The first-order chi connectivity index (χ1) is 14.1. The van der Waals surface area contributed by atoms with Crippen molar-refractivity contribution in [3.05, 3.63) is 65.2 Å². The highest BCUT2D eigenvalue weighted by atomic mass is 32.2. The molecular formula is C23H29NO5S. The van der Waals surface area contributed by atoms with Gasteiger partial charge in [0, 0.05) is 6.54 Å². The van der Waals surface area contributed by atoms with Gasteiger partial charge >= 0.3 is 6.09 Å². The van der Waals surface area contributed by atoms with Gasteiger partial charge in [0.25, 0.3) is 10.1 Å². The van der Waals surface area contributed by atoms with E-state index in [1.165, 1.54) is 0 Å². The molecule has 2 aromatic carbocycles. The second kappa shape index (κ2) is 8.78. The first-order valence-electron chi connectivity index (χ1n) is 10.1. The summed E-state index contributed by atoms with van der Waals surface area (Å²) in [7, 11) is -3.79. The topological polar surface area (TPSA) is 72.9 Å². The Morgan fingerprint density at radius 3 is 2.43 bits per heavy atom. The summed E-state index contributed by atoms with van der Waals surface area (Å²) in [6.45, 7) is 7.95. The van der Waals surface area contributed by atoms with Gasteiger partial charge in [-0.3, -0.25) is 9.08 Å². The Balaban J connectivity index is 1.64. The minimum atomic E-state index is -3.79. The SMILES string of the molecule is Cc1ccc(S(=O)(=O)OCCC[C@@H]2c3ccccc3CN2C(=O)OC(C)(C)C)cc1. The molecule has 0 saturated carbocycles. The van der Waals surface area contributed by atoms with E-state index in [0.29, 0.717) is 19.4 Å². The normalized spacial score (nSPS) is 16.4. The average molecular weight is 432 g/mol. The number of benzene rings is 2. The van der Waals surface area contributed by atoms with Crippen molar-refractivity contribution in [3.8, 4) is 0 Å². The van der Waals surface area contributed by atoms with Crippen LogP contribution in [0.4, 0.5) is 4.79 Å². The molecule has 2 aromatic rings. The van der Waals surface area contributed by atoms with E-state index in [9.17, 15) is 13.2 Å². The third kappa shape index (κ3) is 5.40. The molecule has 0 fully saturated rings. The van der Waals surface area contributed by atoms with E-state index in [0.717, 1.165) is 16.7 Å². The maximum Gasteiger partial charge on any atom is 0.411 e. The quantitative estimate of drug-likeness (QED) is 0.477. The highest BCUT2D eigenvalue weighted by Gasteiger charge is 2.35. The monoisotopic (exact) mass is 431 g/mol. The molecule has 0 aliphatic carbocycles. The Labute approximate surface area is 178 Å². The zero-order valence-corrected chi connectivity index (χ0v) is 18.7. The number of nitrogens with zero attached hydrogens (tertiary/aromatic N) is 1. The van der Waals surface area contributed by atoms with Gasteiger partial charge in [0.2, 0.25) is 0 Å². The molecule has 1 atom stereocenters. The molecule has 1 amide bonds. The molecule has 0 saturated heterocycles. The number of rotatable bonds is 6. The maximum atomic E-state index is 12.7. The standard InChI is InChI=1S/C23H29NO5S/c1-17-11-13-19(14-12-17)30(26,27)28-15-7-10-21-20-9-6-5-8-18(20)16-24(21)22(25)29-23(2,3)4/h5-6,8-9,11-14,21H,7,10,15-16H2,1-4H3/t21-/m1/s1. The van der Waals surface area contributed by atoms with Crippen molar-refractivity contribution in [2.75, 3.05) is 6.61 Å². The average Bonchev–Trinajstić information content (AvgIpc) is 3.03. The lowest BCUT2D eigenvalue weighted by Gasteiger charge is -2.29. The van der Waals surface area contributed by atoms with E-state index in [-0.39, 0.29) is 23.6 Å². The smallest absolute Gasteiger partial charge is 0.411 e. The predicted molar refractivity (Wildman–Crippen MR) is 115 cm³/mol. The fourth-order valence-electron chi connectivity index (χ4n) is 3.51. The van der Waals surface area contributed by atoms with Gasteiger partial charge in [-0.15, -0.1) is 0 Å². The summed E-state index contributed by atoms with van der Waals surface area (Å²) >= 11 is 0. The predicted octanol–water partition coefficient (Wildman–Crippen LogP) is 4.97. The molecule has 3 rings (SSSR count). The van der Waals surface area contributed by atoms with Gasteiger partial charge in [0.1, 0.15) is 5.60 Å². The number of carbonyl (C=O) groups is 1. The van der Waals surface area contributed by atoms with E-state index in [1.54, 1.807) is 29.2 Å². The minimum Gasteiger partial charge on any atom is -0.444 e. The summed E-state index contributed by atoms with van der Waals surface area (Å²) in [5.74, 6) is 0. The van der Waals surface area contributed by atoms with E-state index >= 15 is 0 Å². The summed E-state index contributed by atoms with van der Waals surface area (Å²) < 4.78 is 35.5. The Hall–Kier alpha value is -2.38. The van der Waals surface area contributed by atoms with Gasteiger partial charge in [-0.25, -0.2) is 4.79 Å². The maximum absolute atomic E-state index is 12.7. The molecule has 0 bridgehead atoms. The van der Waals surface area contributed by atoms with Crippen LogP contribution in [0.15, 0.2) is 53.4 Å². The zero-order chi connectivity index (χ0) is 21.9. The van der Waals surface area contributed by atoms with Crippen LogP contribution >= 0.6 is 0 Å². The first-order valence-corrected chi connectivity index (χ1v) is 11.5. The molecule has 0 N–H and O–H groups in total. The molecule has 1 heterocycles. The van der Waals surface area contributed by atoms with Crippen LogP contribution < -0.4 is 0 Å². The van der Waals surface area contributed by atoms with Crippen molar-refractivity contribution in [2.45, 2.75) is 63.6 Å². The van der Waals surface area contributed by atoms with Gasteiger partial charge in [-0.1, -0.05) is 42.0 Å². The lowest BCUT2D eigenvalue weighted by Crippen LogP contribution is -2.35. The van der Waals surface area contributed by atoms with Gasteiger partial charge in [-0.2, -0.15) is 8.42 Å². The summed E-state index contributed by atoms with van der Waals surface area (Å²) in [5, 5.41) is 0. The number of hydrogen-bond acceptors (Lipinski definition) is 5. The van der Waals surface area contributed by atoms with Crippen LogP contribution in [-0.2, 0) is 25.6 Å². The third-order valence-electron chi connectivity index (χ3n) is 4.93. The Kier molecular flexibility index (Phi) is 6.53. The number of carbonyl (C=O) groups excluding carboxylic acids is 1.